The van der Waals surface area contributed by atoms with Crippen molar-refractivity contribution in [3.63, 3.8) is 0 Å². The number of amides is 1. The van der Waals surface area contributed by atoms with Crippen LogP contribution in [0.5, 0.6) is 0 Å². The Labute approximate surface area is 128 Å². The normalized spacial score (nSPS) is 35.5. The molecule has 3 atom stereocenters. The van der Waals surface area contributed by atoms with Crippen LogP contribution in [0.3, 0.4) is 0 Å². The van der Waals surface area contributed by atoms with E-state index >= 15 is 0 Å². The number of carbonyl (C=O) groups excluding carboxylic acids is 1. The molecule has 5 heteroatoms. The van der Waals surface area contributed by atoms with Crippen LogP contribution in [-0.2, 0) is 9.53 Å². The van der Waals surface area contributed by atoms with E-state index in [1.807, 2.05) is 4.90 Å². The lowest BCUT2D eigenvalue weighted by atomic mass is 10.2. The minimum atomic E-state index is 0.159. The van der Waals surface area contributed by atoms with Gasteiger partial charge >= 0.3 is 0 Å². The molecule has 120 valence electrons. The molecule has 0 bridgehead atoms. The van der Waals surface area contributed by atoms with Crippen molar-refractivity contribution in [3.8, 4) is 0 Å². The van der Waals surface area contributed by atoms with Gasteiger partial charge in [-0.1, -0.05) is 0 Å². The Morgan fingerprint density at radius 3 is 2.52 bits per heavy atom. The third-order valence-corrected chi connectivity index (χ3v) is 5.02. The number of hydrogen-bond donors (Lipinski definition) is 0. The lowest BCUT2D eigenvalue weighted by molar-refractivity contribution is -0.144. The van der Waals surface area contributed by atoms with E-state index in [4.69, 9.17) is 4.74 Å². The molecule has 21 heavy (non-hydrogen) atoms. The molecule has 3 rings (SSSR count). The number of fused-ring (bicyclic) bond motifs is 1. The topological polar surface area (TPSA) is 36.0 Å². The van der Waals surface area contributed by atoms with Gasteiger partial charge in [0, 0.05) is 25.7 Å². The molecule has 5 nitrogen and oxygen atoms in total. The van der Waals surface area contributed by atoms with Crippen molar-refractivity contribution in [2.75, 3.05) is 45.8 Å². The fraction of sp³-hybridized carbons (Fsp3) is 0.938. The van der Waals surface area contributed by atoms with Gasteiger partial charge in [-0.25, -0.2) is 0 Å². The molecule has 3 aliphatic rings. The summed E-state index contributed by atoms with van der Waals surface area (Å²) in [5.41, 5.74) is 0. The summed E-state index contributed by atoms with van der Waals surface area (Å²) in [5, 5.41) is 0. The Kier molecular flexibility index (Phi) is 4.82. The Morgan fingerprint density at radius 1 is 1.05 bits per heavy atom. The van der Waals surface area contributed by atoms with Gasteiger partial charge in [-0.05, 0) is 52.7 Å². The summed E-state index contributed by atoms with van der Waals surface area (Å²) >= 11 is 0. The van der Waals surface area contributed by atoms with Crippen molar-refractivity contribution < 1.29 is 9.53 Å². The third-order valence-electron chi connectivity index (χ3n) is 5.02. The van der Waals surface area contributed by atoms with E-state index in [9.17, 15) is 4.79 Å². The summed E-state index contributed by atoms with van der Waals surface area (Å²) < 4.78 is 5.72. The van der Waals surface area contributed by atoms with Crippen LogP contribution < -0.4 is 0 Å². The summed E-state index contributed by atoms with van der Waals surface area (Å²) in [6.07, 6.45) is 4.14. The van der Waals surface area contributed by atoms with E-state index in [2.05, 4.69) is 23.6 Å². The maximum atomic E-state index is 12.6. The highest BCUT2D eigenvalue weighted by Gasteiger charge is 2.31. The number of morpholine rings is 1. The molecule has 3 saturated heterocycles. The standard InChI is InChI=1S/C16H29N3O2/c1-13-9-19(10-14(2)21-13)16(20)12-17-6-4-8-18-7-3-5-15(18)11-17/h13-15H,3-12H2,1-2H3/t13-,14+,15-/m0/s1. The second-order valence-electron chi connectivity index (χ2n) is 6.98. The molecule has 0 saturated carbocycles. The van der Waals surface area contributed by atoms with Crippen LogP contribution in [-0.4, -0.2) is 84.7 Å². The maximum Gasteiger partial charge on any atom is 0.236 e. The fourth-order valence-corrected chi connectivity index (χ4v) is 4.10. The van der Waals surface area contributed by atoms with Crippen molar-refractivity contribution in [2.24, 2.45) is 0 Å². The molecule has 0 aromatic carbocycles. The van der Waals surface area contributed by atoms with Crippen molar-refractivity contribution >= 4 is 5.91 Å². The van der Waals surface area contributed by atoms with Gasteiger partial charge in [0.05, 0.1) is 18.8 Å². The molecule has 0 aromatic heterocycles. The molecule has 0 aliphatic carbocycles. The van der Waals surface area contributed by atoms with Crippen molar-refractivity contribution in [3.05, 3.63) is 0 Å². The molecular formula is C16H29N3O2. The average molecular weight is 295 g/mol. The molecule has 0 radical (unpaired) electrons. The van der Waals surface area contributed by atoms with Gasteiger partial charge < -0.3 is 9.64 Å². The third kappa shape index (κ3) is 3.76. The molecular weight excluding hydrogens is 266 g/mol. The van der Waals surface area contributed by atoms with Crippen LogP contribution in [0.2, 0.25) is 0 Å². The van der Waals surface area contributed by atoms with Gasteiger partial charge in [0.25, 0.3) is 0 Å². The van der Waals surface area contributed by atoms with E-state index in [1.54, 1.807) is 0 Å². The van der Waals surface area contributed by atoms with Crippen molar-refractivity contribution in [2.45, 2.75) is 51.4 Å². The molecule has 1 amide bonds. The summed E-state index contributed by atoms with van der Waals surface area (Å²) in [4.78, 5) is 19.6. The molecule has 0 unspecified atom stereocenters. The SMILES string of the molecule is C[C@@H]1CN(C(=O)CN2CCCN3CCC[C@H]3C2)C[C@H](C)O1. The first kappa shape index (κ1) is 15.3. The molecule has 0 aromatic rings. The summed E-state index contributed by atoms with van der Waals surface area (Å²) in [7, 11) is 0. The Balaban J connectivity index is 1.54. The smallest absolute Gasteiger partial charge is 0.236 e. The largest absolute Gasteiger partial charge is 0.372 e. The first-order valence-electron chi connectivity index (χ1n) is 8.51. The molecule has 0 spiro atoms. The van der Waals surface area contributed by atoms with Gasteiger partial charge in [-0.15, -0.1) is 0 Å². The zero-order chi connectivity index (χ0) is 14.8. The molecule has 0 N–H and O–H groups in total. The lowest BCUT2D eigenvalue weighted by Gasteiger charge is -2.36. The number of nitrogens with zero attached hydrogens (tertiary/aromatic N) is 3. The van der Waals surface area contributed by atoms with Gasteiger partial charge in [-0.3, -0.25) is 14.6 Å². The Morgan fingerprint density at radius 2 is 1.76 bits per heavy atom. The van der Waals surface area contributed by atoms with Gasteiger partial charge in [-0.2, -0.15) is 0 Å². The Hall–Kier alpha value is -0.650. The Bertz CT molecular complexity index is 367. The first-order chi connectivity index (χ1) is 10.1. The van der Waals surface area contributed by atoms with Gasteiger partial charge in [0.2, 0.25) is 5.91 Å². The number of carbonyl (C=O) groups is 1. The zero-order valence-corrected chi connectivity index (χ0v) is 13.5. The lowest BCUT2D eigenvalue weighted by Crippen LogP contribution is -2.51. The number of rotatable bonds is 2. The van der Waals surface area contributed by atoms with E-state index in [1.165, 1.54) is 32.4 Å². The van der Waals surface area contributed by atoms with E-state index in [0.717, 1.165) is 26.2 Å². The number of hydrogen-bond acceptors (Lipinski definition) is 4. The summed E-state index contributed by atoms with van der Waals surface area (Å²) in [6, 6.07) is 0.683. The van der Waals surface area contributed by atoms with Gasteiger partial charge in [0.1, 0.15) is 0 Å². The fourth-order valence-electron chi connectivity index (χ4n) is 4.10. The van der Waals surface area contributed by atoms with Crippen LogP contribution in [0.1, 0.15) is 33.1 Å². The second-order valence-corrected chi connectivity index (χ2v) is 6.98. The van der Waals surface area contributed by atoms with Crippen LogP contribution >= 0.6 is 0 Å². The zero-order valence-electron chi connectivity index (χ0n) is 13.5. The van der Waals surface area contributed by atoms with Crippen LogP contribution in [0, 0.1) is 0 Å². The summed E-state index contributed by atoms with van der Waals surface area (Å²) in [6.45, 7) is 10.8. The molecule has 3 fully saturated rings. The predicted octanol–water partition coefficient (Wildman–Crippen LogP) is 0.792. The van der Waals surface area contributed by atoms with Crippen LogP contribution in [0.15, 0.2) is 0 Å². The van der Waals surface area contributed by atoms with Crippen LogP contribution in [0.4, 0.5) is 0 Å². The highest BCUT2D eigenvalue weighted by molar-refractivity contribution is 5.78. The highest BCUT2D eigenvalue weighted by Crippen LogP contribution is 2.21. The molecule has 3 aliphatic heterocycles. The van der Waals surface area contributed by atoms with Crippen molar-refractivity contribution in [1.82, 2.24) is 14.7 Å². The predicted molar refractivity (Wildman–Crippen MR) is 82.2 cm³/mol. The highest BCUT2D eigenvalue weighted by atomic mass is 16.5. The minimum Gasteiger partial charge on any atom is -0.372 e. The molecule has 3 heterocycles. The van der Waals surface area contributed by atoms with E-state index < -0.39 is 0 Å². The number of ether oxygens (including phenoxy) is 1. The van der Waals surface area contributed by atoms with Crippen LogP contribution in [0.25, 0.3) is 0 Å². The van der Waals surface area contributed by atoms with Crippen molar-refractivity contribution in [1.29, 1.82) is 0 Å². The summed E-state index contributed by atoms with van der Waals surface area (Å²) in [5.74, 6) is 0.281. The maximum absolute atomic E-state index is 12.6. The minimum absolute atomic E-state index is 0.159. The second kappa shape index (κ2) is 6.63. The first-order valence-corrected chi connectivity index (χ1v) is 8.51. The van der Waals surface area contributed by atoms with E-state index in [-0.39, 0.29) is 18.1 Å². The van der Waals surface area contributed by atoms with Gasteiger partial charge in [0.15, 0.2) is 0 Å². The average Bonchev–Trinajstić information content (AvgIpc) is 2.76. The quantitative estimate of drug-likeness (QED) is 0.755. The monoisotopic (exact) mass is 295 g/mol. The van der Waals surface area contributed by atoms with E-state index in [0.29, 0.717) is 12.6 Å².